The lowest BCUT2D eigenvalue weighted by atomic mass is 10.2. The maximum absolute atomic E-state index is 11.0. The zero-order chi connectivity index (χ0) is 22.2. The molecule has 0 atom stereocenters. The third-order valence-corrected chi connectivity index (χ3v) is 6.24. The first kappa shape index (κ1) is 29.2. The van der Waals surface area contributed by atoms with Gasteiger partial charge in [0.25, 0.3) is 0 Å². The molecule has 28 heavy (non-hydrogen) atoms. The standard InChI is InChI=1S/C10H28N2O12P4/c13-25(14,15)7-11(8-26(16,17)18)5-3-1-2-4-6-12(9-27(19,20)21)10-28(22,23)24/h1-10H2,(H2,13,14,15)(H2,16,17,18)(H2,19,20,21)(H2,22,23,24)/p-4. The molecule has 0 spiro atoms. The highest BCUT2D eigenvalue weighted by Gasteiger charge is 2.30. The molecule has 0 radical (unpaired) electrons. The highest BCUT2D eigenvalue weighted by atomic mass is 31.2. The zero-order valence-corrected chi connectivity index (χ0v) is 18.4. The van der Waals surface area contributed by atoms with Gasteiger partial charge in [-0.25, -0.2) is 29.4 Å². The van der Waals surface area contributed by atoms with Gasteiger partial charge in [-0.05, 0) is 12.8 Å². The molecule has 0 aliphatic rings. The normalized spacial score (nSPS) is 14.4. The first-order valence-electron chi connectivity index (χ1n) is 7.92. The molecule has 4 N–H and O–H groups in total. The summed E-state index contributed by atoms with van der Waals surface area (Å²) in [6.45, 7) is -0.163. The molecule has 0 heterocycles. The van der Waals surface area contributed by atoms with Gasteiger partial charge in [-0.3, -0.25) is 0 Å². The number of hydrogen-bond donors (Lipinski definition) is 4. The summed E-state index contributed by atoms with van der Waals surface area (Å²) in [5, 5.41) is 0. The Morgan fingerprint density at radius 3 is 1.00 bits per heavy atom. The Hall–Kier alpha value is 1.16. The summed E-state index contributed by atoms with van der Waals surface area (Å²) >= 11 is 0. The average molecular weight is 488 g/mol. The van der Waals surface area contributed by atoms with Gasteiger partial charge >= 0.3 is 0 Å². The molecule has 0 aromatic rings. The van der Waals surface area contributed by atoms with E-state index >= 15 is 0 Å². The second-order valence-corrected chi connectivity index (χ2v) is 12.6. The van der Waals surface area contributed by atoms with Crippen molar-refractivity contribution in [2.75, 3.05) is 38.2 Å². The molecule has 0 rings (SSSR count). The smallest absolute Gasteiger partial charge is 0.244 e. The summed E-state index contributed by atoms with van der Waals surface area (Å²) in [5.41, 5.74) is 0. The largest absolute Gasteiger partial charge is 0.687 e. The SMILES string of the molecule is [O-][P+]([O-])([O-])CN(CCCCCCN(C[P+]([O-])(O)O)C[P+]([O-])(O)O)C[P+]([O-])([O-])[O-]. The Morgan fingerprint density at radius 2 is 0.750 bits per heavy atom. The van der Waals surface area contributed by atoms with Crippen LogP contribution in [0.5, 0.6) is 0 Å². The number of hydrogen-bond acceptors (Lipinski definition) is 14. The summed E-state index contributed by atoms with van der Waals surface area (Å²) in [4.78, 5) is 124. The van der Waals surface area contributed by atoms with Crippen LogP contribution in [-0.2, 0) is 0 Å². The fraction of sp³-hybridized carbons (Fsp3) is 1.00. The maximum Gasteiger partial charge on any atom is 0.244 e. The van der Waals surface area contributed by atoms with Crippen LogP contribution >= 0.6 is 31.8 Å². The molecule has 0 unspecified atom stereocenters. The minimum atomic E-state index is -5.05. The van der Waals surface area contributed by atoms with Gasteiger partial charge in [0.05, 0.1) is 12.6 Å². The zero-order valence-electron chi connectivity index (χ0n) is 14.8. The molecule has 0 aromatic heterocycles. The summed E-state index contributed by atoms with van der Waals surface area (Å²) in [7, 11) is -19.1. The van der Waals surface area contributed by atoms with Crippen LogP contribution in [0, 0.1) is 0 Å². The van der Waals surface area contributed by atoms with Crippen LogP contribution in [0.2, 0.25) is 0 Å². The van der Waals surface area contributed by atoms with Crippen LogP contribution in [0.25, 0.3) is 0 Å². The highest BCUT2D eigenvalue weighted by molar-refractivity contribution is 7.58. The molecule has 0 saturated carbocycles. The average Bonchev–Trinajstić information content (AvgIpc) is 2.34. The summed E-state index contributed by atoms with van der Waals surface area (Å²) in [6, 6.07) is 0. The first-order chi connectivity index (χ1) is 12.4. The van der Waals surface area contributed by atoms with E-state index in [4.69, 9.17) is 19.6 Å². The Kier molecular flexibility index (Phi) is 12.8. The van der Waals surface area contributed by atoms with E-state index in [0.29, 0.717) is 19.3 Å². The lowest BCUT2D eigenvalue weighted by Crippen LogP contribution is -2.47. The van der Waals surface area contributed by atoms with Gasteiger partial charge < -0.3 is 39.1 Å². The van der Waals surface area contributed by atoms with Crippen LogP contribution in [0.15, 0.2) is 0 Å². The van der Waals surface area contributed by atoms with Crippen molar-refractivity contribution < 1.29 is 58.7 Å². The Labute approximate surface area is 164 Å². The first-order valence-corrected chi connectivity index (χ1v) is 15.0. The minimum absolute atomic E-state index is 0.0213. The van der Waals surface area contributed by atoms with Crippen molar-refractivity contribution >= 4 is 31.8 Å². The topological polar surface area (TPSA) is 272 Å². The van der Waals surface area contributed by atoms with Gasteiger partial charge in [-0.15, -0.1) is 15.9 Å². The fourth-order valence-corrected chi connectivity index (χ4v) is 5.71. The van der Waals surface area contributed by atoms with Crippen molar-refractivity contribution in [2.24, 2.45) is 0 Å². The quantitative estimate of drug-likeness (QED) is 0.123. The molecule has 0 fully saturated rings. The Balaban J connectivity index is 4.34. The molecule has 0 bridgehead atoms. The van der Waals surface area contributed by atoms with E-state index in [1.165, 1.54) is 0 Å². The minimum Gasteiger partial charge on any atom is -0.687 e. The van der Waals surface area contributed by atoms with Crippen molar-refractivity contribution in [1.82, 2.24) is 9.80 Å². The molecule has 0 saturated heterocycles. The number of rotatable bonds is 15. The monoisotopic (exact) mass is 488 g/mol. The molecule has 18 heteroatoms. The molecular weight excluding hydrogens is 464 g/mol. The van der Waals surface area contributed by atoms with Crippen LogP contribution in [-0.4, -0.2) is 67.6 Å². The summed E-state index contributed by atoms with van der Waals surface area (Å²) in [5.74, 6) is 0. The molecule has 0 aliphatic heterocycles. The van der Waals surface area contributed by atoms with Gasteiger partial charge in [-0.2, -0.15) is 0 Å². The van der Waals surface area contributed by atoms with Crippen LogP contribution < -0.4 is 39.1 Å². The van der Waals surface area contributed by atoms with Crippen molar-refractivity contribution in [1.29, 1.82) is 0 Å². The van der Waals surface area contributed by atoms with Gasteiger partial charge in [0.2, 0.25) is 15.9 Å². The Bertz CT molecular complexity index is 364. The van der Waals surface area contributed by atoms with E-state index in [-0.39, 0.29) is 19.5 Å². The lowest BCUT2D eigenvalue weighted by Gasteiger charge is -2.49. The van der Waals surface area contributed by atoms with Crippen LogP contribution in [0.4, 0.5) is 0 Å². The van der Waals surface area contributed by atoms with E-state index < -0.39 is 56.9 Å². The van der Waals surface area contributed by atoms with E-state index in [2.05, 4.69) is 0 Å². The predicted molar refractivity (Wildman–Crippen MR) is 87.9 cm³/mol. The predicted octanol–water partition coefficient (Wildman–Crippen LogP) is -7.12. The van der Waals surface area contributed by atoms with Gasteiger partial charge in [0.1, 0.15) is 0 Å². The van der Waals surface area contributed by atoms with Crippen molar-refractivity contribution in [3.63, 3.8) is 0 Å². The third-order valence-electron chi connectivity index (χ3n) is 3.21. The summed E-state index contributed by atoms with van der Waals surface area (Å²) < 4.78 is 0. The Morgan fingerprint density at radius 1 is 0.464 bits per heavy atom. The molecule has 0 amide bonds. The van der Waals surface area contributed by atoms with Crippen molar-refractivity contribution in [3.05, 3.63) is 0 Å². The highest BCUT2D eigenvalue weighted by Crippen LogP contribution is 2.45. The fourth-order valence-electron chi connectivity index (χ4n) is 2.41. The van der Waals surface area contributed by atoms with Crippen LogP contribution in [0.1, 0.15) is 25.7 Å². The molecule has 170 valence electrons. The molecule has 0 aliphatic carbocycles. The van der Waals surface area contributed by atoms with E-state index in [9.17, 15) is 39.1 Å². The lowest BCUT2D eigenvalue weighted by molar-refractivity contribution is -0.431. The van der Waals surface area contributed by atoms with Crippen molar-refractivity contribution in [3.8, 4) is 0 Å². The van der Waals surface area contributed by atoms with Crippen molar-refractivity contribution in [2.45, 2.75) is 25.7 Å². The van der Waals surface area contributed by atoms with Gasteiger partial charge in [-0.1, -0.05) is 12.8 Å². The second-order valence-electron chi connectivity index (χ2n) is 6.32. The maximum atomic E-state index is 11.0. The molecular formula is C10H24N2O12P4-4. The van der Waals surface area contributed by atoms with E-state index in [1.54, 1.807) is 0 Å². The number of unbranched alkanes of at least 4 members (excludes halogenated alkanes) is 3. The molecule has 14 nitrogen and oxygen atoms in total. The summed E-state index contributed by atoms with van der Waals surface area (Å²) in [6.07, 6.45) is -2.52. The van der Waals surface area contributed by atoms with Gasteiger partial charge in [0.15, 0.2) is 12.6 Å². The number of nitrogens with zero attached hydrogens (tertiary/aromatic N) is 2. The third kappa shape index (κ3) is 20.4. The second kappa shape index (κ2) is 12.3. The van der Waals surface area contributed by atoms with Crippen LogP contribution in [0.3, 0.4) is 0 Å². The van der Waals surface area contributed by atoms with E-state index in [1.807, 2.05) is 0 Å². The molecule has 0 aromatic carbocycles. The van der Waals surface area contributed by atoms with Gasteiger partial charge in [0, 0.05) is 13.1 Å². The van der Waals surface area contributed by atoms with E-state index in [0.717, 1.165) is 9.80 Å².